The van der Waals surface area contributed by atoms with Gasteiger partial charge in [0.05, 0.1) is 11.6 Å². The fourth-order valence-corrected chi connectivity index (χ4v) is 3.30. The Morgan fingerprint density at radius 3 is 3.00 bits per heavy atom. The molecule has 0 aromatic heterocycles. The third kappa shape index (κ3) is 3.49. The van der Waals surface area contributed by atoms with Crippen LogP contribution in [0.1, 0.15) is 30.1 Å². The highest BCUT2D eigenvalue weighted by atomic mass is 79.9. The maximum Gasteiger partial charge on any atom is 0.258 e. The summed E-state index contributed by atoms with van der Waals surface area (Å²) in [5, 5.41) is 12.8. The number of hydrogen-bond donors (Lipinski definition) is 2. The number of likely N-dealkylation sites (N-methyl/N-ethyl adjacent to an activating group) is 1. The normalized spacial score (nSPS) is 18.7. The van der Waals surface area contributed by atoms with Crippen LogP contribution in [-0.4, -0.2) is 48.7 Å². The number of carbonyl (C=O) groups is 1. The Balaban J connectivity index is 2.09. The number of likely N-dealkylation sites (tertiary alicyclic amines) is 1. The molecule has 116 valence electrons. The van der Waals surface area contributed by atoms with E-state index in [1.807, 2.05) is 0 Å². The van der Waals surface area contributed by atoms with Crippen molar-refractivity contribution in [2.75, 3.05) is 26.7 Å². The number of phenolic OH excluding ortho intramolecular Hbond substituents is 1. The number of ether oxygens (including phenoxy) is 1. The van der Waals surface area contributed by atoms with E-state index in [2.05, 4.69) is 33.1 Å². The van der Waals surface area contributed by atoms with Gasteiger partial charge < -0.3 is 15.2 Å². The Bertz CT molecular complexity index is 522. The molecule has 2 N–H and O–H groups in total. The van der Waals surface area contributed by atoms with Crippen LogP contribution < -0.4 is 10.1 Å². The second-order valence-corrected chi connectivity index (χ2v) is 5.96. The summed E-state index contributed by atoms with van der Waals surface area (Å²) in [7, 11) is 1.48. The van der Waals surface area contributed by atoms with E-state index < -0.39 is 0 Å². The van der Waals surface area contributed by atoms with Crippen LogP contribution >= 0.6 is 15.9 Å². The predicted octanol–water partition coefficient (Wildman–Crippen LogP) is 2.38. The van der Waals surface area contributed by atoms with Crippen molar-refractivity contribution in [1.29, 1.82) is 0 Å². The first-order valence-corrected chi connectivity index (χ1v) is 7.95. The van der Waals surface area contributed by atoms with E-state index in [0.717, 1.165) is 19.5 Å². The van der Waals surface area contributed by atoms with Crippen LogP contribution in [-0.2, 0) is 0 Å². The maximum absolute atomic E-state index is 12.4. The topological polar surface area (TPSA) is 61.8 Å². The Morgan fingerprint density at radius 1 is 1.57 bits per heavy atom. The van der Waals surface area contributed by atoms with E-state index in [1.54, 1.807) is 6.07 Å². The first-order valence-electron chi connectivity index (χ1n) is 7.16. The summed E-state index contributed by atoms with van der Waals surface area (Å²) in [6.07, 6.45) is 2.26. The molecule has 1 unspecified atom stereocenters. The van der Waals surface area contributed by atoms with Gasteiger partial charge in [-0.25, -0.2) is 0 Å². The summed E-state index contributed by atoms with van der Waals surface area (Å²) in [4.78, 5) is 14.7. The molecular formula is C15H21BrN2O3. The van der Waals surface area contributed by atoms with Crippen molar-refractivity contribution < 1.29 is 14.6 Å². The SMILES string of the molecule is CCN1CCCC1CNC(=O)c1c(O)ccc(Br)c1OC. The Hall–Kier alpha value is -1.27. The van der Waals surface area contributed by atoms with Gasteiger partial charge in [-0.15, -0.1) is 0 Å². The molecule has 1 aliphatic rings. The van der Waals surface area contributed by atoms with Gasteiger partial charge in [0.25, 0.3) is 5.91 Å². The minimum atomic E-state index is -0.311. The van der Waals surface area contributed by atoms with Crippen molar-refractivity contribution in [3.05, 3.63) is 22.2 Å². The molecule has 0 aliphatic carbocycles. The molecule has 21 heavy (non-hydrogen) atoms. The second-order valence-electron chi connectivity index (χ2n) is 5.11. The molecule has 1 aliphatic heterocycles. The first kappa shape index (κ1) is 16.1. The Labute approximate surface area is 133 Å². The highest BCUT2D eigenvalue weighted by Crippen LogP contribution is 2.34. The van der Waals surface area contributed by atoms with Gasteiger partial charge in [0.1, 0.15) is 17.1 Å². The van der Waals surface area contributed by atoms with Crippen LogP contribution in [0.5, 0.6) is 11.5 Å². The Morgan fingerprint density at radius 2 is 2.33 bits per heavy atom. The van der Waals surface area contributed by atoms with Gasteiger partial charge in [0.2, 0.25) is 0 Å². The maximum atomic E-state index is 12.4. The molecule has 1 saturated heterocycles. The van der Waals surface area contributed by atoms with Crippen LogP contribution in [0.2, 0.25) is 0 Å². The lowest BCUT2D eigenvalue weighted by molar-refractivity contribution is 0.0935. The van der Waals surface area contributed by atoms with Crippen LogP contribution in [0.4, 0.5) is 0 Å². The molecule has 0 bridgehead atoms. The molecular weight excluding hydrogens is 336 g/mol. The number of nitrogens with one attached hydrogen (secondary N) is 1. The van der Waals surface area contributed by atoms with Crippen molar-refractivity contribution in [1.82, 2.24) is 10.2 Å². The van der Waals surface area contributed by atoms with E-state index in [0.29, 0.717) is 22.8 Å². The summed E-state index contributed by atoms with van der Waals surface area (Å²) >= 11 is 3.32. The predicted molar refractivity (Wildman–Crippen MR) is 85.0 cm³/mol. The molecule has 1 aromatic carbocycles. The van der Waals surface area contributed by atoms with Gasteiger partial charge in [-0.05, 0) is 54.0 Å². The van der Waals surface area contributed by atoms with Gasteiger partial charge in [0.15, 0.2) is 0 Å². The van der Waals surface area contributed by atoms with Crippen molar-refractivity contribution in [3.63, 3.8) is 0 Å². The Kier molecular flexibility index (Phi) is 5.47. The number of halogens is 1. The van der Waals surface area contributed by atoms with Crippen LogP contribution in [0.3, 0.4) is 0 Å². The summed E-state index contributed by atoms with van der Waals surface area (Å²) < 4.78 is 5.86. The lowest BCUT2D eigenvalue weighted by atomic mass is 10.1. The molecule has 1 heterocycles. The van der Waals surface area contributed by atoms with Gasteiger partial charge in [0, 0.05) is 12.6 Å². The average Bonchev–Trinajstić information content (AvgIpc) is 2.94. The lowest BCUT2D eigenvalue weighted by Crippen LogP contribution is -2.40. The highest BCUT2D eigenvalue weighted by molar-refractivity contribution is 9.10. The van der Waals surface area contributed by atoms with Crippen molar-refractivity contribution in [2.45, 2.75) is 25.8 Å². The number of benzene rings is 1. The largest absolute Gasteiger partial charge is 0.507 e. The molecule has 5 nitrogen and oxygen atoms in total. The number of methoxy groups -OCH3 is 1. The van der Waals surface area contributed by atoms with E-state index >= 15 is 0 Å². The molecule has 0 spiro atoms. The highest BCUT2D eigenvalue weighted by Gasteiger charge is 2.25. The van der Waals surface area contributed by atoms with E-state index in [1.165, 1.54) is 19.6 Å². The summed E-state index contributed by atoms with van der Waals surface area (Å²) in [6, 6.07) is 3.51. The zero-order chi connectivity index (χ0) is 15.4. The lowest BCUT2D eigenvalue weighted by Gasteiger charge is -2.23. The minimum Gasteiger partial charge on any atom is -0.507 e. The van der Waals surface area contributed by atoms with Crippen LogP contribution in [0.15, 0.2) is 16.6 Å². The monoisotopic (exact) mass is 356 g/mol. The van der Waals surface area contributed by atoms with Crippen molar-refractivity contribution >= 4 is 21.8 Å². The van der Waals surface area contributed by atoms with Crippen LogP contribution in [0, 0.1) is 0 Å². The molecule has 1 amide bonds. The van der Waals surface area contributed by atoms with E-state index in [9.17, 15) is 9.90 Å². The van der Waals surface area contributed by atoms with E-state index in [4.69, 9.17) is 4.74 Å². The van der Waals surface area contributed by atoms with Gasteiger partial charge >= 0.3 is 0 Å². The quantitative estimate of drug-likeness (QED) is 0.850. The van der Waals surface area contributed by atoms with Crippen molar-refractivity contribution in [2.24, 2.45) is 0 Å². The number of nitrogens with zero attached hydrogens (tertiary/aromatic N) is 1. The summed E-state index contributed by atoms with van der Waals surface area (Å²) in [6.45, 7) is 4.79. The average molecular weight is 357 g/mol. The second kappa shape index (κ2) is 7.13. The smallest absolute Gasteiger partial charge is 0.258 e. The van der Waals surface area contributed by atoms with Gasteiger partial charge in [-0.1, -0.05) is 6.92 Å². The van der Waals surface area contributed by atoms with Gasteiger partial charge in [-0.2, -0.15) is 0 Å². The first-order chi connectivity index (χ1) is 10.1. The molecule has 0 radical (unpaired) electrons. The number of hydrogen-bond acceptors (Lipinski definition) is 4. The third-order valence-corrected chi connectivity index (χ3v) is 4.55. The van der Waals surface area contributed by atoms with E-state index in [-0.39, 0.29) is 17.2 Å². The number of rotatable bonds is 5. The number of phenols is 1. The molecule has 1 fully saturated rings. The zero-order valence-corrected chi connectivity index (χ0v) is 13.9. The summed E-state index contributed by atoms with van der Waals surface area (Å²) in [5.41, 5.74) is 0.174. The summed E-state index contributed by atoms with van der Waals surface area (Å²) in [5.74, 6) is -0.0359. The molecule has 1 aromatic rings. The third-order valence-electron chi connectivity index (χ3n) is 3.92. The number of aromatic hydroxyl groups is 1. The minimum absolute atomic E-state index is 0.0775. The molecule has 6 heteroatoms. The number of carbonyl (C=O) groups excluding carboxylic acids is 1. The fourth-order valence-electron chi connectivity index (χ4n) is 2.81. The zero-order valence-electron chi connectivity index (χ0n) is 12.4. The molecule has 1 atom stereocenters. The fraction of sp³-hybridized carbons (Fsp3) is 0.533. The van der Waals surface area contributed by atoms with Crippen LogP contribution in [0.25, 0.3) is 0 Å². The van der Waals surface area contributed by atoms with Crippen molar-refractivity contribution in [3.8, 4) is 11.5 Å². The standard InChI is InChI=1S/C15H21BrN2O3/c1-3-18-8-4-5-10(18)9-17-15(20)13-12(19)7-6-11(16)14(13)21-2/h6-7,10,19H,3-5,8-9H2,1-2H3,(H,17,20). The van der Waals surface area contributed by atoms with Gasteiger partial charge in [-0.3, -0.25) is 9.69 Å². The molecule has 0 saturated carbocycles. The number of amides is 1. The molecule has 2 rings (SSSR count).